The standard InChI is InChI=1S/C19H22F2N2O6/c1-3-8-27-9-10-28-18(24)16-12(2)22-11-14(23(25)26)17(16)13-6-4-5-7-15(13)29-19(20)21/h4-7,11,14,17,19H,3,8-10H2,1-2H3. The zero-order valence-electron chi connectivity index (χ0n) is 16.0. The summed E-state index contributed by atoms with van der Waals surface area (Å²) >= 11 is 0. The highest BCUT2D eigenvalue weighted by Gasteiger charge is 2.43. The second-order valence-electron chi connectivity index (χ2n) is 6.20. The summed E-state index contributed by atoms with van der Waals surface area (Å²) in [6.07, 6.45) is 1.89. The lowest BCUT2D eigenvalue weighted by atomic mass is 9.82. The first-order valence-corrected chi connectivity index (χ1v) is 9.03. The molecule has 0 saturated carbocycles. The zero-order valence-corrected chi connectivity index (χ0v) is 16.0. The summed E-state index contributed by atoms with van der Waals surface area (Å²) in [7, 11) is 0. The molecule has 0 radical (unpaired) electrons. The number of para-hydroxylation sites is 1. The molecule has 0 amide bonds. The third-order valence-corrected chi connectivity index (χ3v) is 4.21. The highest BCUT2D eigenvalue weighted by atomic mass is 19.3. The van der Waals surface area contributed by atoms with Crippen molar-refractivity contribution in [2.24, 2.45) is 4.99 Å². The summed E-state index contributed by atoms with van der Waals surface area (Å²) in [6, 6.07) is 4.20. The number of benzene rings is 1. The van der Waals surface area contributed by atoms with Gasteiger partial charge in [-0.2, -0.15) is 8.78 Å². The number of aliphatic imine (C=N–C) groups is 1. The molecular weight excluding hydrogens is 390 g/mol. The number of allylic oxidation sites excluding steroid dienone is 1. The fourth-order valence-corrected chi connectivity index (χ4v) is 2.99. The first kappa shape index (κ1) is 22.4. The Labute approximate surface area is 166 Å². The second kappa shape index (κ2) is 10.6. The van der Waals surface area contributed by atoms with Gasteiger partial charge in [-0.1, -0.05) is 25.1 Å². The molecule has 1 aromatic rings. The Kier molecular flexibility index (Phi) is 8.20. The summed E-state index contributed by atoms with van der Waals surface area (Å²) in [6.45, 7) is 0.933. The van der Waals surface area contributed by atoms with Crippen LogP contribution in [0.5, 0.6) is 5.75 Å². The van der Waals surface area contributed by atoms with Crippen molar-refractivity contribution in [1.29, 1.82) is 0 Å². The van der Waals surface area contributed by atoms with Crippen molar-refractivity contribution in [2.75, 3.05) is 19.8 Å². The van der Waals surface area contributed by atoms with Crippen molar-refractivity contribution in [3.63, 3.8) is 0 Å². The fourth-order valence-electron chi connectivity index (χ4n) is 2.99. The van der Waals surface area contributed by atoms with E-state index in [-0.39, 0.29) is 35.8 Å². The summed E-state index contributed by atoms with van der Waals surface area (Å²) in [4.78, 5) is 27.6. The summed E-state index contributed by atoms with van der Waals surface area (Å²) < 4.78 is 40.6. The number of carbonyl (C=O) groups is 1. The molecule has 2 rings (SSSR count). The van der Waals surface area contributed by atoms with Crippen molar-refractivity contribution in [2.45, 2.75) is 38.8 Å². The first-order chi connectivity index (χ1) is 13.9. The molecule has 2 unspecified atom stereocenters. The van der Waals surface area contributed by atoms with E-state index in [1.165, 1.54) is 31.2 Å². The van der Waals surface area contributed by atoms with Gasteiger partial charge in [0, 0.05) is 22.8 Å². The summed E-state index contributed by atoms with van der Waals surface area (Å²) in [5.41, 5.74) is 0.212. The molecule has 0 N–H and O–H groups in total. The molecule has 0 bridgehead atoms. The first-order valence-electron chi connectivity index (χ1n) is 9.03. The van der Waals surface area contributed by atoms with E-state index in [4.69, 9.17) is 9.47 Å². The van der Waals surface area contributed by atoms with Gasteiger partial charge in [-0.3, -0.25) is 15.1 Å². The molecule has 29 heavy (non-hydrogen) atoms. The number of carbonyl (C=O) groups excluding carboxylic acids is 1. The molecule has 8 nitrogen and oxygen atoms in total. The minimum atomic E-state index is -3.13. The molecule has 1 aromatic carbocycles. The number of hydrogen-bond acceptors (Lipinski definition) is 7. The van der Waals surface area contributed by atoms with E-state index in [0.29, 0.717) is 6.61 Å². The van der Waals surface area contributed by atoms with Crippen LogP contribution in [-0.2, 0) is 14.3 Å². The molecule has 0 saturated heterocycles. The van der Waals surface area contributed by atoms with Crippen LogP contribution in [0.3, 0.4) is 0 Å². The Bertz CT molecular complexity index is 797. The molecule has 10 heteroatoms. The lowest BCUT2D eigenvalue weighted by Crippen LogP contribution is -2.36. The predicted molar refractivity (Wildman–Crippen MR) is 99.9 cm³/mol. The maximum absolute atomic E-state index is 12.8. The lowest BCUT2D eigenvalue weighted by molar-refractivity contribution is -0.504. The Morgan fingerprint density at radius 2 is 2.00 bits per heavy atom. The monoisotopic (exact) mass is 412 g/mol. The number of ether oxygens (including phenoxy) is 3. The zero-order chi connectivity index (χ0) is 21.4. The number of nitrogens with zero attached hydrogens (tertiary/aromatic N) is 2. The third kappa shape index (κ3) is 5.80. The van der Waals surface area contributed by atoms with Crippen molar-refractivity contribution in [3.05, 3.63) is 51.2 Å². The minimum absolute atomic E-state index is 0.0512. The van der Waals surface area contributed by atoms with Crippen LogP contribution < -0.4 is 4.74 Å². The van der Waals surface area contributed by atoms with Gasteiger partial charge in [0.25, 0.3) is 6.04 Å². The normalized spacial score (nSPS) is 18.8. The maximum Gasteiger partial charge on any atom is 0.387 e. The number of hydrogen-bond donors (Lipinski definition) is 0. The van der Waals surface area contributed by atoms with Gasteiger partial charge >= 0.3 is 12.6 Å². The number of nitro groups is 1. The van der Waals surface area contributed by atoms with E-state index in [1.807, 2.05) is 6.92 Å². The van der Waals surface area contributed by atoms with Crippen LogP contribution in [-0.4, -0.2) is 49.6 Å². The van der Waals surface area contributed by atoms with Gasteiger partial charge in [0.05, 0.1) is 24.3 Å². The van der Waals surface area contributed by atoms with Crippen LogP contribution in [0.4, 0.5) is 8.78 Å². The minimum Gasteiger partial charge on any atom is -0.460 e. The average molecular weight is 412 g/mol. The molecular formula is C19H22F2N2O6. The van der Waals surface area contributed by atoms with Crippen LogP contribution in [0.25, 0.3) is 0 Å². The Morgan fingerprint density at radius 3 is 2.66 bits per heavy atom. The van der Waals surface area contributed by atoms with Crippen LogP contribution in [0.1, 0.15) is 31.7 Å². The fraction of sp³-hybridized carbons (Fsp3) is 0.474. The molecule has 0 fully saturated rings. The van der Waals surface area contributed by atoms with Gasteiger partial charge in [0.1, 0.15) is 12.4 Å². The van der Waals surface area contributed by atoms with E-state index in [2.05, 4.69) is 9.73 Å². The highest BCUT2D eigenvalue weighted by Crippen LogP contribution is 2.39. The van der Waals surface area contributed by atoms with E-state index < -0.39 is 29.5 Å². The van der Waals surface area contributed by atoms with E-state index in [1.54, 1.807) is 0 Å². The van der Waals surface area contributed by atoms with Crippen molar-refractivity contribution in [1.82, 2.24) is 0 Å². The largest absolute Gasteiger partial charge is 0.460 e. The van der Waals surface area contributed by atoms with E-state index in [0.717, 1.165) is 12.6 Å². The summed E-state index contributed by atoms with van der Waals surface area (Å²) in [5, 5.41) is 11.6. The van der Waals surface area contributed by atoms with Crippen LogP contribution in [0, 0.1) is 10.1 Å². The number of alkyl halides is 2. The van der Waals surface area contributed by atoms with Crippen molar-refractivity contribution in [3.8, 4) is 5.75 Å². The van der Waals surface area contributed by atoms with Gasteiger partial charge in [-0.05, 0) is 19.4 Å². The second-order valence-corrected chi connectivity index (χ2v) is 6.20. The van der Waals surface area contributed by atoms with Crippen LogP contribution in [0.15, 0.2) is 40.5 Å². The molecule has 0 spiro atoms. The molecule has 1 aliphatic heterocycles. The lowest BCUT2D eigenvalue weighted by Gasteiger charge is -2.26. The Morgan fingerprint density at radius 1 is 1.28 bits per heavy atom. The number of rotatable bonds is 10. The molecule has 1 aliphatic rings. The molecule has 1 heterocycles. The predicted octanol–water partition coefficient (Wildman–Crippen LogP) is 3.35. The van der Waals surface area contributed by atoms with Crippen molar-refractivity contribution >= 4 is 12.2 Å². The van der Waals surface area contributed by atoms with E-state index >= 15 is 0 Å². The highest BCUT2D eigenvalue weighted by molar-refractivity contribution is 5.94. The quantitative estimate of drug-likeness (QED) is 0.253. The average Bonchev–Trinajstić information content (AvgIpc) is 2.67. The van der Waals surface area contributed by atoms with Crippen LogP contribution in [0.2, 0.25) is 0 Å². The smallest absolute Gasteiger partial charge is 0.387 e. The Hall–Kier alpha value is -2.88. The number of halogens is 2. The third-order valence-electron chi connectivity index (χ3n) is 4.21. The molecule has 0 aromatic heterocycles. The molecule has 0 aliphatic carbocycles. The van der Waals surface area contributed by atoms with Gasteiger partial charge in [0.2, 0.25) is 0 Å². The topological polar surface area (TPSA) is 100 Å². The van der Waals surface area contributed by atoms with Gasteiger partial charge in [-0.25, -0.2) is 4.79 Å². The maximum atomic E-state index is 12.8. The molecule has 158 valence electrons. The Balaban J connectivity index is 2.38. The van der Waals surface area contributed by atoms with Gasteiger partial charge in [0.15, 0.2) is 0 Å². The van der Waals surface area contributed by atoms with Crippen molar-refractivity contribution < 1.29 is 32.7 Å². The SMILES string of the molecule is CCCOCCOC(=O)C1=C(C)N=CC([N+](=O)[O-])C1c1ccccc1OC(F)F. The summed E-state index contributed by atoms with van der Waals surface area (Å²) in [5.74, 6) is -2.26. The number of esters is 1. The molecule has 2 atom stereocenters. The van der Waals surface area contributed by atoms with E-state index in [9.17, 15) is 23.7 Å². The van der Waals surface area contributed by atoms with Crippen LogP contribution >= 0.6 is 0 Å². The van der Waals surface area contributed by atoms with Gasteiger partial charge < -0.3 is 14.2 Å². The van der Waals surface area contributed by atoms with Gasteiger partial charge in [-0.15, -0.1) is 0 Å².